The van der Waals surface area contributed by atoms with Crippen molar-refractivity contribution in [2.75, 3.05) is 7.05 Å². The lowest BCUT2D eigenvalue weighted by Gasteiger charge is -2.25. The predicted octanol–water partition coefficient (Wildman–Crippen LogP) is 3.09. The molecule has 17 heavy (non-hydrogen) atoms. The summed E-state index contributed by atoms with van der Waals surface area (Å²) in [6.45, 7) is 3.79. The van der Waals surface area contributed by atoms with Crippen LogP contribution >= 0.6 is 0 Å². The van der Waals surface area contributed by atoms with Gasteiger partial charge in [0.2, 0.25) is 0 Å². The lowest BCUT2D eigenvalue weighted by Crippen LogP contribution is -2.20. The molecule has 1 aromatic rings. The van der Waals surface area contributed by atoms with Gasteiger partial charge in [-0.05, 0) is 44.7 Å². The van der Waals surface area contributed by atoms with Gasteiger partial charge in [-0.2, -0.15) is 0 Å². The maximum Gasteiger partial charge on any atom is 0.129 e. The second kappa shape index (κ2) is 6.22. The van der Waals surface area contributed by atoms with Gasteiger partial charge in [0.1, 0.15) is 12.4 Å². The number of hydrogen-bond acceptors (Lipinski definition) is 3. The van der Waals surface area contributed by atoms with Crippen LogP contribution in [0.5, 0.6) is 0 Å². The fourth-order valence-corrected chi connectivity index (χ4v) is 2.39. The van der Waals surface area contributed by atoms with Gasteiger partial charge in [-0.3, -0.25) is 0 Å². The molecule has 2 rings (SSSR count). The summed E-state index contributed by atoms with van der Waals surface area (Å²) in [5.74, 6) is 1.81. The lowest BCUT2D eigenvalue weighted by molar-refractivity contribution is 0.00127. The molecule has 1 heterocycles. The van der Waals surface area contributed by atoms with E-state index in [1.54, 1.807) is 6.26 Å². The Morgan fingerprint density at radius 2 is 2.12 bits per heavy atom. The standard InChI is InChI=1S/C14H23NO2/c1-11-3-5-13(6-4-11)17-10-14-7-12(8-15-2)9-16-14/h7,9,11,13,15H,3-6,8,10H2,1-2H3. The first kappa shape index (κ1) is 12.7. The fourth-order valence-electron chi connectivity index (χ4n) is 2.39. The third kappa shape index (κ3) is 3.86. The topological polar surface area (TPSA) is 34.4 Å². The molecular weight excluding hydrogens is 214 g/mol. The Morgan fingerprint density at radius 3 is 2.82 bits per heavy atom. The number of ether oxygens (including phenoxy) is 1. The van der Waals surface area contributed by atoms with E-state index >= 15 is 0 Å². The van der Waals surface area contributed by atoms with Crippen LogP contribution in [0.4, 0.5) is 0 Å². The van der Waals surface area contributed by atoms with Crippen molar-refractivity contribution in [3.05, 3.63) is 23.7 Å². The predicted molar refractivity (Wildman–Crippen MR) is 67.7 cm³/mol. The van der Waals surface area contributed by atoms with Crippen LogP contribution in [-0.2, 0) is 17.9 Å². The van der Waals surface area contributed by atoms with E-state index < -0.39 is 0 Å². The zero-order chi connectivity index (χ0) is 12.1. The Hall–Kier alpha value is -0.800. The van der Waals surface area contributed by atoms with E-state index in [1.165, 1.54) is 31.2 Å². The Bertz CT molecular complexity index is 327. The molecular formula is C14H23NO2. The van der Waals surface area contributed by atoms with Gasteiger partial charge in [-0.1, -0.05) is 6.92 Å². The van der Waals surface area contributed by atoms with Crippen molar-refractivity contribution in [1.82, 2.24) is 5.32 Å². The van der Waals surface area contributed by atoms with Crippen molar-refractivity contribution < 1.29 is 9.15 Å². The number of rotatable bonds is 5. The smallest absolute Gasteiger partial charge is 0.129 e. The average Bonchev–Trinajstić information content (AvgIpc) is 2.77. The molecule has 0 spiro atoms. The monoisotopic (exact) mass is 237 g/mol. The normalized spacial score (nSPS) is 25.1. The van der Waals surface area contributed by atoms with Crippen LogP contribution in [0.3, 0.4) is 0 Å². The number of hydrogen-bond donors (Lipinski definition) is 1. The largest absolute Gasteiger partial charge is 0.467 e. The highest BCUT2D eigenvalue weighted by Crippen LogP contribution is 2.26. The Labute approximate surface area is 104 Å². The van der Waals surface area contributed by atoms with Crippen molar-refractivity contribution in [3.63, 3.8) is 0 Å². The SMILES string of the molecule is CNCc1coc(COC2CCC(C)CC2)c1. The molecule has 0 radical (unpaired) electrons. The summed E-state index contributed by atoms with van der Waals surface area (Å²) in [4.78, 5) is 0. The summed E-state index contributed by atoms with van der Waals surface area (Å²) in [5, 5.41) is 3.11. The minimum Gasteiger partial charge on any atom is -0.467 e. The van der Waals surface area contributed by atoms with Gasteiger partial charge < -0.3 is 14.5 Å². The van der Waals surface area contributed by atoms with Crippen LogP contribution < -0.4 is 5.32 Å². The van der Waals surface area contributed by atoms with Gasteiger partial charge in [0.15, 0.2) is 0 Å². The second-order valence-corrected chi connectivity index (χ2v) is 5.14. The fraction of sp³-hybridized carbons (Fsp3) is 0.714. The molecule has 96 valence electrons. The maximum atomic E-state index is 5.89. The van der Waals surface area contributed by atoms with E-state index in [-0.39, 0.29) is 0 Å². The van der Waals surface area contributed by atoms with Crippen LogP contribution in [0.2, 0.25) is 0 Å². The van der Waals surface area contributed by atoms with Crippen LogP contribution in [-0.4, -0.2) is 13.2 Å². The van der Waals surface area contributed by atoms with E-state index in [9.17, 15) is 0 Å². The quantitative estimate of drug-likeness (QED) is 0.854. The minimum atomic E-state index is 0.434. The number of furan rings is 1. The highest BCUT2D eigenvalue weighted by molar-refractivity contribution is 5.11. The second-order valence-electron chi connectivity index (χ2n) is 5.14. The molecule has 0 aliphatic heterocycles. The van der Waals surface area contributed by atoms with Crippen LogP contribution in [0.15, 0.2) is 16.7 Å². The Balaban J connectivity index is 1.73. The maximum absolute atomic E-state index is 5.89. The molecule has 1 saturated carbocycles. The molecule has 3 nitrogen and oxygen atoms in total. The first-order valence-electron chi connectivity index (χ1n) is 6.60. The van der Waals surface area contributed by atoms with Crippen molar-refractivity contribution in [2.45, 2.75) is 51.9 Å². The third-order valence-electron chi connectivity index (χ3n) is 3.51. The van der Waals surface area contributed by atoms with Crippen molar-refractivity contribution >= 4 is 0 Å². The zero-order valence-corrected chi connectivity index (χ0v) is 10.9. The Morgan fingerprint density at radius 1 is 1.35 bits per heavy atom. The van der Waals surface area contributed by atoms with Crippen molar-refractivity contribution in [3.8, 4) is 0 Å². The van der Waals surface area contributed by atoms with Gasteiger partial charge in [-0.25, -0.2) is 0 Å². The molecule has 1 aromatic heterocycles. The van der Waals surface area contributed by atoms with E-state index in [2.05, 4.69) is 18.3 Å². The highest BCUT2D eigenvalue weighted by atomic mass is 16.5. The molecule has 1 aliphatic rings. The van der Waals surface area contributed by atoms with Gasteiger partial charge >= 0.3 is 0 Å². The number of nitrogens with one attached hydrogen (secondary N) is 1. The minimum absolute atomic E-state index is 0.434. The molecule has 0 saturated heterocycles. The molecule has 0 bridgehead atoms. The van der Waals surface area contributed by atoms with Gasteiger partial charge in [0.05, 0.1) is 12.4 Å². The summed E-state index contributed by atoms with van der Waals surface area (Å²) in [5.41, 5.74) is 1.18. The van der Waals surface area contributed by atoms with E-state index in [0.29, 0.717) is 12.7 Å². The van der Waals surface area contributed by atoms with Crippen LogP contribution in [0.1, 0.15) is 43.9 Å². The van der Waals surface area contributed by atoms with Crippen molar-refractivity contribution in [1.29, 1.82) is 0 Å². The molecule has 1 aliphatic carbocycles. The summed E-state index contributed by atoms with van der Waals surface area (Å²) >= 11 is 0. The molecule has 0 aromatic carbocycles. The lowest BCUT2D eigenvalue weighted by atomic mass is 9.89. The van der Waals surface area contributed by atoms with Gasteiger partial charge in [0, 0.05) is 12.1 Å². The molecule has 1 fully saturated rings. The van der Waals surface area contributed by atoms with Crippen LogP contribution in [0.25, 0.3) is 0 Å². The van der Waals surface area contributed by atoms with Gasteiger partial charge in [-0.15, -0.1) is 0 Å². The summed E-state index contributed by atoms with van der Waals surface area (Å²) < 4.78 is 11.4. The highest BCUT2D eigenvalue weighted by Gasteiger charge is 2.18. The molecule has 1 N–H and O–H groups in total. The summed E-state index contributed by atoms with van der Waals surface area (Å²) in [6.07, 6.45) is 7.24. The van der Waals surface area contributed by atoms with E-state index in [0.717, 1.165) is 18.2 Å². The molecule has 3 heteroatoms. The van der Waals surface area contributed by atoms with Crippen LogP contribution in [0, 0.1) is 5.92 Å². The third-order valence-corrected chi connectivity index (χ3v) is 3.51. The van der Waals surface area contributed by atoms with E-state index in [1.807, 2.05) is 7.05 Å². The molecule has 0 unspecified atom stereocenters. The van der Waals surface area contributed by atoms with Crippen molar-refractivity contribution in [2.24, 2.45) is 5.92 Å². The summed E-state index contributed by atoms with van der Waals surface area (Å²) in [6, 6.07) is 2.07. The van der Waals surface area contributed by atoms with E-state index in [4.69, 9.17) is 9.15 Å². The Kier molecular flexibility index (Phi) is 4.63. The van der Waals surface area contributed by atoms with Gasteiger partial charge in [0.25, 0.3) is 0 Å². The average molecular weight is 237 g/mol. The molecule has 0 amide bonds. The first-order valence-corrected chi connectivity index (χ1v) is 6.60. The first-order chi connectivity index (χ1) is 8.28. The molecule has 0 atom stereocenters. The zero-order valence-electron chi connectivity index (χ0n) is 10.9. The summed E-state index contributed by atoms with van der Waals surface area (Å²) in [7, 11) is 1.94.